The van der Waals surface area contributed by atoms with Gasteiger partial charge in [-0.1, -0.05) is 0 Å². The molecule has 2 N–H and O–H groups in total. The quantitative estimate of drug-likeness (QED) is 0.449. The van der Waals surface area contributed by atoms with E-state index in [0.29, 0.717) is 23.7 Å². The molecular weight excluding hydrogens is 426 g/mol. The van der Waals surface area contributed by atoms with Crippen LogP contribution >= 0.6 is 15.9 Å². The summed E-state index contributed by atoms with van der Waals surface area (Å²) in [5.41, 5.74) is 4.04. The van der Waals surface area contributed by atoms with Crippen molar-refractivity contribution in [2.24, 2.45) is 5.10 Å². The molecule has 2 aromatic rings. The molecule has 7 nitrogen and oxygen atoms in total. The van der Waals surface area contributed by atoms with Gasteiger partial charge in [-0.25, -0.2) is 5.43 Å². The monoisotopic (exact) mass is 449 g/mol. The highest BCUT2D eigenvalue weighted by Gasteiger charge is 2.12. The zero-order chi connectivity index (χ0) is 20.5. The van der Waals surface area contributed by atoms with Gasteiger partial charge in [-0.15, -0.1) is 0 Å². The van der Waals surface area contributed by atoms with Crippen molar-refractivity contribution in [1.82, 2.24) is 5.43 Å². The number of nitrogens with zero attached hydrogens (tertiary/aromatic N) is 1. The average molecular weight is 450 g/mol. The Kier molecular flexibility index (Phi) is 8.13. The molecule has 8 heteroatoms. The summed E-state index contributed by atoms with van der Waals surface area (Å²) in [6.45, 7) is 4.30. The van der Waals surface area contributed by atoms with Crippen LogP contribution in [0.2, 0.25) is 0 Å². The molecule has 1 amide bonds. The Morgan fingerprint density at radius 2 is 1.86 bits per heavy atom. The number of nitrogens with one attached hydrogen (secondary N) is 2. The summed E-state index contributed by atoms with van der Waals surface area (Å²) in [7, 11) is 3.13. The minimum absolute atomic E-state index is 0.267. The van der Waals surface area contributed by atoms with Crippen LogP contribution in [0.3, 0.4) is 0 Å². The molecule has 1 unspecified atom stereocenters. The van der Waals surface area contributed by atoms with Gasteiger partial charge in [-0.2, -0.15) is 5.10 Å². The first kappa shape index (κ1) is 21.6. The van der Waals surface area contributed by atoms with E-state index < -0.39 is 6.04 Å². The standard InChI is InChI=1S/C20H24BrN3O4/c1-5-28-16-8-6-15(7-9-16)23-13(2)20(25)24-22-12-14-10-17(21)19(27-4)11-18(14)26-3/h6-13,23H,5H2,1-4H3,(H,24,25). The lowest BCUT2D eigenvalue weighted by molar-refractivity contribution is -0.121. The van der Waals surface area contributed by atoms with E-state index in [2.05, 4.69) is 31.8 Å². The highest BCUT2D eigenvalue weighted by molar-refractivity contribution is 9.10. The molecule has 0 aliphatic heterocycles. The van der Waals surface area contributed by atoms with Crippen LogP contribution in [0.1, 0.15) is 19.4 Å². The number of rotatable bonds is 9. The predicted octanol–water partition coefficient (Wildman–Crippen LogP) is 3.82. The number of anilines is 1. The molecule has 0 saturated heterocycles. The second kappa shape index (κ2) is 10.6. The van der Waals surface area contributed by atoms with Gasteiger partial charge in [-0.05, 0) is 60.1 Å². The van der Waals surface area contributed by atoms with E-state index in [1.807, 2.05) is 31.2 Å². The Hall–Kier alpha value is -2.74. The second-order valence-corrected chi connectivity index (χ2v) is 6.64. The smallest absolute Gasteiger partial charge is 0.262 e. The van der Waals surface area contributed by atoms with Gasteiger partial charge >= 0.3 is 0 Å². The van der Waals surface area contributed by atoms with Crippen molar-refractivity contribution in [2.45, 2.75) is 19.9 Å². The summed E-state index contributed by atoms with van der Waals surface area (Å²) >= 11 is 3.42. The van der Waals surface area contributed by atoms with Crippen molar-refractivity contribution < 1.29 is 19.0 Å². The highest BCUT2D eigenvalue weighted by atomic mass is 79.9. The van der Waals surface area contributed by atoms with Crippen LogP contribution in [0.5, 0.6) is 17.2 Å². The normalized spacial score (nSPS) is 11.8. The van der Waals surface area contributed by atoms with Crippen molar-refractivity contribution in [1.29, 1.82) is 0 Å². The Labute approximate surface area is 173 Å². The zero-order valence-electron chi connectivity index (χ0n) is 16.3. The van der Waals surface area contributed by atoms with Crippen molar-refractivity contribution in [3.8, 4) is 17.2 Å². The van der Waals surface area contributed by atoms with Crippen LogP contribution in [-0.2, 0) is 4.79 Å². The maximum atomic E-state index is 12.3. The number of benzene rings is 2. The fourth-order valence-electron chi connectivity index (χ4n) is 2.38. The van der Waals surface area contributed by atoms with Gasteiger partial charge in [0.2, 0.25) is 0 Å². The minimum atomic E-state index is -0.473. The molecule has 2 aromatic carbocycles. The molecule has 0 saturated carbocycles. The molecule has 0 fully saturated rings. The Morgan fingerprint density at radius 3 is 2.46 bits per heavy atom. The number of hydrogen-bond acceptors (Lipinski definition) is 6. The number of carbonyl (C=O) groups excluding carboxylic acids is 1. The number of halogens is 1. The maximum absolute atomic E-state index is 12.3. The van der Waals surface area contributed by atoms with Crippen molar-refractivity contribution >= 4 is 33.7 Å². The lowest BCUT2D eigenvalue weighted by atomic mass is 10.2. The van der Waals surface area contributed by atoms with E-state index in [9.17, 15) is 4.79 Å². The number of amides is 1. The fraction of sp³-hybridized carbons (Fsp3) is 0.300. The van der Waals surface area contributed by atoms with E-state index in [1.165, 1.54) is 6.21 Å². The Balaban J connectivity index is 1.96. The largest absolute Gasteiger partial charge is 0.496 e. The Bertz CT molecular complexity index is 825. The van der Waals surface area contributed by atoms with Crippen molar-refractivity contribution in [2.75, 3.05) is 26.1 Å². The average Bonchev–Trinajstić information content (AvgIpc) is 2.69. The fourth-order valence-corrected chi connectivity index (χ4v) is 2.90. The molecule has 28 heavy (non-hydrogen) atoms. The SMILES string of the molecule is CCOc1ccc(NC(C)C(=O)NN=Cc2cc(Br)c(OC)cc2OC)cc1. The lowest BCUT2D eigenvalue weighted by Crippen LogP contribution is -2.34. The Morgan fingerprint density at radius 1 is 1.18 bits per heavy atom. The molecule has 1 atom stereocenters. The third-order valence-corrected chi connectivity index (χ3v) is 4.44. The number of hydrazone groups is 1. The van der Waals surface area contributed by atoms with Gasteiger partial charge < -0.3 is 19.5 Å². The van der Waals surface area contributed by atoms with Crippen molar-refractivity contribution in [3.05, 3.63) is 46.4 Å². The molecule has 0 radical (unpaired) electrons. The van der Waals surface area contributed by atoms with Crippen LogP contribution in [0, 0.1) is 0 Å². The van der Waals surface area contributed by atoms with Crippen LogP contribution in [0.15, 0.2) is 46.0 Å². The predicted molar refractivity (Wildman–Crippen MR) is 114 cm³/mol. The van der Waals surface area contributed by atoms with Gasteiger partial charge in [0.05, 0.1) is 31.5 Å². The molecule has 0 aliphatic carbocycles. The van der Waals surface area contributed by atoms with E-state index in [-0.39, 0.29) is 5.91 Å². The number of hydrogen-bond donors (Lipinski definition) is 2. The summed E-state index contributed by atoms with van der Waals surface area (Å²) < 4.78 is 16.7. The summed E-state index contributed by atoms with van der Waals surface area (Å²) in [5, 5.41) is 7.14. The number of carbonyl (C=O) groups is 1. The van der Waals surface area contributed by atoms with E-state index in [4.69, 9.17) is 14.2 Å². The molecule has 0 spiro atoms. The molecule has 0 heterocycles. The third kappa shape index (κ3) is 5.88. The molecule has 0 aromatic heterocycles. The lowest BCUT2D eigenvalue weighted by Gasteiger charge is -2.14. The molecular formula is C20H24BrN3O4. The van der Waals surface area contributed by atoms with Crippen LogP contribution in [0.25, 0.3) is 0 Å². The van der Waals surface area contributed by atoms with E-state index >= 15 is 0 Å². The summed E-state index contributed by atoms with van der Waals surface area (Å²) in [6.07, 6.45) is 1.52. The van der Waals surface area contributed by atoms with Gasteiger partial charge in [0.1, 0.15) is 23.3 Å². The van der Waals surface area contributed by atoms with Crippen molar-refractivity contribution in [3.63, 3.8) is 0 Å². The third-order valence-electron chi connectivity index (χ3n) is 3.82. The zero-order valence-corrected chi connectivity index (χ0v) is 17.9. The van der Waals surface area contributed by atoms with E-state index in [1.54, 1.807) is 33.3 Å². The first-order valence-electron chi connectivity index (χ1n) is 8.72. The molecule has 150 valence electrons. The topological polar surface area (TPSA) is 81.2 Å². The first-order chi connectivity index (χ1) is 13.5. The molecule has 0 bridgehead atoms. The van der Waals surface area contributed by atoms with Gasteiger partial charge in [0.15, 0.2) is 0 Å². The van der Waals surface area contributed by atoms with Gasteiger partial charge in [0.25, 0.3) is 5.91 Å². The van der Waals surface area contributed by atoms with E-state index in [0.717, 1.165) is 15.9 Å². The number of ether oxygens (including phenoxy) is 3. The van der Waals surface area contributed by atoms with Crippen LogP contribution in [-0.4, -0.2) is 39.0 Å². The molecule has 0 aliphatic rings. The van der Waals surface area contributed by atoms with Gasteiger partial charge in [0, 0.05) is 17.3 Å². The molecule has 2 rings (SSSR count). The second-order valence-electron chi connectivity index (χ2n) is 5.79. The summed E-state index contributed by atoms with van der Waals surface area (Å²) in [5.74, 6) is 1.75. The summed E-state index contributed by atoms with van der Waals surface area (Å²) in [4.78, 5) is 12.3. The van der Waals surface area contributed by atoms with Crippen LogP contribution in [0.4, 0.5) is 5.69 Å². The number of methoxy groups -OCH3 is 2. The van der Waals surface area contributed by atoms with Crippen LogP contribution < -0.4 is 25.0 Å². The highest BCUT2D eigenvalue weighted by Crippen LogP contribution is 2.31. The summed E-state index contributed by atoms with van der Waals surface area (Å²) in [6, 6.07) is 10.5. The van der Waals surface area contributed by atoms with Gasteiger partial charge in [-0.3, -0.25) is 4.79 Å². The maximum Gasteiger partial charge on any atom is 0.262 e. The minimum Gasteiger partial charge on any atom is -0.496 e. The first-order valence-corrected chi connectivity index (χ1v) is 9.51.